The van der Waals surface area contributed by atoms with Gasteiger partial charge < -0.3 is 14.4 Å². The van der Waals surface area contributed by atoms with Crippen LogP contribution in [0.1, 0.15) is 10.4 Å². The molecule has 0 saturated carbocycles. The van der Waals surface area contributed by atoms with E-state index in [0.717, 1.165) is 4.31 Å². The molecule has 2 aromatic carbocycles. The first-order valence-electron chi connectivity index (χ1n) is 8.42. The van der Waals surface area contributed by atoms with Crippen molar-refractivity contribution in [3.8, 4) is 11.5 Å². The number of carbonyl (C=O) groups excluding carboxylic acids is 1. The monoisotopic (exact) mass is 426 g/mol. The van der Waals surface area contributed by atoms with Crippen LogP contribution in [0.3, 0.4) is 0 Å². The molecule has 0 aliphatic rings. The summed E-state index contributed by atoms with van der Waals surface area (Å²) in [5.74, 6) is 0.379. The molecule has 0 fully saturated rings. The summed E-state index contributed by atoms with van der Waals surface area (Å²) >= 11 is 6.03. The zero-order valence-electron chi connectivity index (χ0n) is 16.2. The summed E-state index contributed by atoms with van der Waals surface area (Å²) in [5.41, 5.74) is 0.237. The number of ether oxygens (including phenoxy) is 2. The number of nitrogens with zero attached hydrogens (tertiary/aromatic N) is 2. The van der Waals surface area contributed by atoms with Crippen molar-refractivity contribution in [3.05, 3.63) is 53.1 Å². The highest BCUT2D eigenvalue weighted by Gasteiger charge is 2.24. The van der Waals surface area contributed by atoms with Gasteiger partial charge in [-0.25, -0.2) is 12.7 Å². The van der Waals surface area contributed by atoms with Gasteiger partial charge in [0.15, 0.2) is 0 Å². The molecule has 0 unspecified atom stereocenters. The molecular formula is C19H23ClN2O5S. The average Bonchev–Trinajstić information content (AvgIpc) is 2.68. The van der Waals surface area contributed by atoms with Gasteiger partial charge in [-0.3, -0.25) is 4.79 Å². The quantitative estimate of drug-likeness (QED) is 0.648. The largest absolute Gasteiger partial charge is 0.495 e. The van der Waals surface area contributed by atoms with Crippen LogP contribution in [0, 0.1) is 0 Å². The summed E-state index contributed by atoms with van der Waals surface area (Å²) in [7, 11) is 2.07. The first-order valence-corrected chi connectivity index (χ1v) is 10.2. The molecule has 0 atom stereocenters. The highest BCUT2D eigenvalue weighted by molar-refractivity contribution is 7.89. The Balaban J connectivity index is 2.14. The van der Waals surface area contributed by atoms with Crippen molar-refractivity contribution in [2.45, 2.75) is 4.90 Å². The van der Waals surface area contributed by atoms with Crippen LogP contribution in [0.5, 0.6) is 11.5 Å². The van der Waals surface area contributed by atoms with E-state index in [4.69, 9.17) is 21.1 Å². The minimum Gasteiger partial charge on any atom is -0.495 e. The average molecular weight is 427 g/mol. The van der Waals surface area contributed by atoms with Crippen LogP contribution in [-0.2, 0) is 10.0 Å². The van der Waals surface area contributed by atoms with Crippen LogP contribution in [0.25, 0.3) is 0 Å². The zero-order valence-corrected chi connectivity index (χ0v) is 17.7. The standard InChI is InChI=1S/C19H23ClN2O5S/c1-21(2)28(24,25)18-13-14(9-10-17(18)26-4)19(23)22(3)11-12-27-16-8-6-5-7-15(16)20/h5-10,13H,11-12H2,1-4H3. The normalized spacial score (nSPS) is 11.4. The SMILES string of the molecule is COc1ccc(C(=O)N(C)CCOc2ccccc2Cl)cc1S(=O)(=O)N(C)C. The van der Waals surface area contributed by atoms with Gasteiger partial charge in [-0.15, -0.1) is 0 Å². The highest BCUT2D eigenvalue weighted by Crippen LogP contribution is 2.27. The van der Waals surface area contributed by atoms with E-state index >= 15 is 0 Å². The second kappa shape index (κ2) is 9.27. The summed E-state index contributed by atoms with van der Waals surface area (Å²) in [5, 5.41) is 0.491. The molecule has 0 saturated heterocycles. The van der Waals surface area contributed by atoms with E-state index in [1.54, 1.807) is 31.3 Å². The molecule has 0 spiro atoms. The molecule has 0 N–H and O–H groups in total. The van der Waals surface area contributed by atoms with E-state index in [9.17, 15) is 13.2 Å². The second-order valence-corrected chi connectivity index (χ2v) is 8.69. The highest BCUT2D eigenvalue weighted by atomic mass is 35.5. The van der Waals surface area contributed by atoms with E-state index < -0.39 is 10.0 Å². The van der Waals surface area contributed by atoms with Gasteiger partial charge in [0, 0.05) is 26.7 Å². The number of para-hydroxylation sites is 1. The van der Waals surface area contributed by atoms with Crippen molar-refractivity contribution in [2.75, 3.05) is 41.4 Å². The molecule has 7 nitrogen and oxygen atoms in total. The number of hydrogen-bond donors (Lipinski definition) is 0. The molecular weight excluding hydrogens is 404 g/mol. The molecule has 0 aromatic heterocycles. The number of rotatable bonds is 8. The molecule has 1 amide bonds. The number of sulfonamides is 1. The predicted octanol–water partition coefficient (Wildman–Crippen LogP) is 2.75. The fourth-order valence-electron chi connectivity index (χ4n) is 2.38. The lowest BCUT2D eigenvalue weighted by Crippen LogP contribution is -2.31. The van der Waals surface area contributed by atoms with Gasteiger partial charge in [0.1, 0.15) is 23.0 Å². The van der Waals surface area contributed by atoms with Gasteiger partial charge in [0.25, 0.3) is 5.91 Å². The van der Waals surface area contributed by atoms with Crippen molar-refractivity contribution in [3.63, 3.8) is 0 Å². The fourth-order valence-corrected chi connectivity index (χ4v) is 3.65. The van der Waals surface area contributed by atoms with Gasteiger partial charge in [-0.1, -0.05) is 23.7 Å². The third-order valence-electron chi connectivity index (χ3n) is 4.04. The summed E-state index contributed by atoms with van der Waals surface area (Å²) in [4.78, 5) is 14.1. The van der Waals surface area contributed by atoms with Crippen LogP contribution in [0.4, 0.5) is 0 Å². The Bertz CT molecular complexity index is 947. The maximum atomic E-state index is 12.7. The Morgan fingerprint density at radius 1 is 1.07 bits per heavy atom. The lowest BCUT2D eigenvalue weighted by molar-refractivity contribution is 0.0773. The molecule has 0 radical (unpaired) electrons. The first-order chi connectivity index (χ1) is 13.2. The lowest BCUT2D eigenvalue weighted by Gasteiger charge is -2.19. The molecule has 2 rings (SSSR count). The van der Waals surface area contributed by atoms with Gasteiger partial charge in [-0.05, 0) is 30.3 Å². The van der Waals surface area contributed by atoms with Crippen LogP contribution in [0.15, 0.2) is 47.4 Å². The summed E-state index contributed by atoms with van der Waals surface area (Å²) in [6.07, 6.45) is 0. The zero-order chi connectivity index (χ0) is 20.9. The Kier molecular flexibility index (Phi) is 7.29. The first kappa shape index (κ1) is 22.0. The van der Waals surface area contributed by atoms with Crippen LogP contribution < -0.4 is 9.47 Å². The number of hydrogen-bond acceptors (Lipinski definition) is 5. The number of carbonyl (C=O) groups is 1. The lowest BCUT2D eigenvalue weighted by atomic mass is 10.2. The van der Waals surface area contributed by atoms with E-state index in [-0.39, 0.29) is 28.7 Å². The van der Waals surface area contributed by atoms with E-state index in [1.165, 1.54) is 44.3 Å². The van der Waals surface area contributed by atoms with E-state index in [1.807, 2.05) is 0 Å². The molecule has 152 valence electrons. The number of likely N-dealkylation sites (N-methyl/N-ethyl adjacent to an activating group) is 1. The Labute approximate surface area is 170 Å². The fraction of sp³-hybridized carbons (Fsp3) is 0.316. The number of methoxy groups -OCH3 is 1. The molecule has 9 heteroatoms. The molecule has 28 heavy (non-hydrogen) atoms. The summed E-state index contributed by atoms with van der Waals surface area (Å²) < 4.78 is 36.8. The topological polar surface area (TPSA) is 76.1 Å². The third-order valence-corrected chi connectivity index (χ3v) is 6.19. The third kappa shape index (κ3) is 4.95. The second-order valence-electron chi connectivity index (χ2n) is 6.16. The van der Waals surface area contributed by atoms with Gasteiger partial charge in [0.05, 0.1) is 18.7 Å². The maximum absolute atomic E-state index is 12.7. The minimum absolute atomic E-state index is 0.0634. The Morgan fingerprint density at radius 3 is 2.36 bits per heavy atom. The number of amides is 1. The summed E-state index contributed by atoms with van der Waals surface area (Å²) in [6.45, 7) is 0.539. The van der Waals surface area contributed by atoms with Crippen molar-refractivity contribution >= 4 is 27.5 Å². The number of halogens is 1. The van der Waals surface area contributed by atoms with Crippen LogP contribution in [-0.4, -0.2) is 64.9 Å². The van der Waals surface area contributed by atoms with Gasteiger partial charge in [0.2, 0.25) is 10.0 Å². The molecule has 0 aliphatic heterocycles. The summed E-state index contributed by atoms with van der Waals surface area (Å²) in [6, 6.07) is 11.4. The molecule has 0 heterocycles. The van der Waals surface area contributed by atoms with Gasteiger partial charge in [-0.2, -0.15) is 0 Å². The van der Waals surface area contributed by atoms with Crippen LogP contribution in [0.2, 0.25) is 5.02 Å². The maximum Gasteiger partial charge on any atom is 0.253 e. The van der Waals surface area contributed by atoms with Crippen molar-refractivity contribution in [1.29, 1.82) is 0 Å². The smallest absolute Gasteiger partial charge is 0.253 e. The van der Waals surface area contributed by atoms with E-state index in [2.05, 4.69) is 0 Å². The van der Waals surface area contributed by atoms with Crippen molar-refractivity contribution in [1.82, 2.24) is 9.21 Å². The van der Waals surface area contributed by atoms with Crippen LogP contribution >= 0.6 is 11.6 Å². The Morgan fingerprint density at radius 2 is 1.75 bits per heavy atom. The molecule has 0 bridgehead atoms. The van der Waals surface area contributed by atoms with Crippen molar-refractivity contribution < 1.29 is 22.7 Å². The number of benzene rings is 2. The Hall–Kier alpha value is -2.29. The predicted molar refractivity (Wildman–Crippen MR) is 108 cm³/mol. The van der Waals surface area contributed by atoms with E-state index in [0.29, 0.717) is 17.3 Å². The minimum atomic E-state index is -3.76. The molecule has 0 aliphatic carbocycles. The van der Waals surface area contributed by atoms with Gasteiger partial charge >= 0.3 is 0 Å². The molecule has 2 aromatic rings. The van der Waals surface area contributed by atoms with Crippen molar-refractivity contribution in [2.24, 2.45) is 0 Å².